The SMILES string of the molecule is C=C/C=C(\C=C)N(C(=C)CC(NC1=C/CC(C)(C)CCC(C)(C)C/C=C\1)/C(=C/NC/C=C\C(=C/C)C(C)(C)C)B(c1ccccc1)c1cc2cc3c(cc2o1)C(C)(C)CCC3(C)C)C(/C=C\CC/C=C\C=C/C)=C/C. The third kappa shape index (κ3) is 16.8. The highest BCUT2D eigenvalue weighted by Crippen LogP contribution is 2.47. The van der Waals surface area contributed by atoms with E-state index < -0.39 is 0 Å². The molecular formula is C70H96BN3O. The van der Waals surface area contributed by atoms with Crippen molar-refractivity contribution >= 4 is 28.8 Å². The van der Waals surface area contributed by atoms with Crippen LogP contribution in [0.2, 0.25) is 0 Å². The average molecular weight is 1010 g/mol. The van der Waals surface area contributed by atoms with E-state index in [1.165, 1.54) is 23.1 Å². The smallest absolute Gasteiger partial charge is 0.287 e. The van der Waals surface area contributed by atoms with Gasteiger partial charge in [-0.1, -0.05) is 205 Å². The molecule has 0 saturated heterocycles. The van der Waals surface area contributed by atoms with Crippen molar-refractivity contribution in [1.82, 2.24) is 15.5 Å². The molecule has 5 heteroatoms. The molecule has 1 unspecified atom stereocenters. The number of nitrogens with one attached hydrogen (secondary N) is 2. The number of benzene rings is 2. The zero-order valence-electron chi connectivity index (χ0n) is 49.1. The maximum absolute atomic E-state index is 7.30. The van der Waals surface area contributed by atoms with Gasteiger partial charge in [-0.2, -0.15) is 0 Å². The van der Waals surface area contributed by atoms with Crippen molar-refractivity contribution in [2.75, 3.05) is 6.54 Å². The van der Waals surface area contributed by atoms with E-state index >= 15 is 0 Å². The minimum Gasteiger partial charge on any atom is -0.470 e. The first kappa shape index (κ1) is 59.9. The fourth-order valence-electron chi connectivity index (χ4n) is 10.6. The summed E-state index contributed by atoms with van der Waals surface area (Å²) in [5.41, 5.74) is 12.7. The third-order valence-electron chi connectivity index (χ3n) is 15.6. The second-order valence-electron chi connectivity index (χ2n) is 24.9. The van der Waals surface area contributed by atoms with Gasteiger partial charge < -0.3 is 20.0 Å². The van der Waals surface area contributed by atoms with Gasteiger partial charge in [-0.05, 0) is 170 Å². The first-order valence-electron chi connectivity index (χ1n) is 28.1. The molecule has 4 nitrogen and oxygen atoms in total. The zero-order valence-corrected chi connectivity index (χ0v) is 49.1. The predicted octanol–water partition coefficient (Wildman–Crippen LogP) is 17.8. The monoisotopic (exact) mass is 1010 g/mol. The molecule has 1 atom stereocenters. The van der Waals surface area contributed by atoms with E-state index in [0.29, 0.717) is 13.0 Å². The van der Waals surface area contributed by atoms with Crippen LogP contribution in [-0.4, -0.2) is 24.2 Å². The topological polar surface area (TPSA) is 40.4 Å². The maximum atomic E-state index is 7.30. The summed E-state index contributed by atoms with van der Waals surface area (Å²) in [6.45, 7) is 46.2. The van der Waals surface area contributed by atoms with E-state index in [4.69, 9.17) is 11.0 Å². The van der Waals surface area contributed by atoms with Gasteiger partial charge in [0.05, 0.1) is 5.66 Å². The first-order chi connectivity index (χ1) is 35.5. The molecule has 0 radical (unpaired) electrons. The Morgan fingerprint density at radius 2 is 1.45 bits per heavy atom. The van der Waals surface area contributed by atoms with Gasteiger partial charge in [-0.3, -0.25) is 0 Å². The van der Waals surface area contributed by atoms with Crippen molar-refractivity contribution in [2.45, 2.75) is 172 Å². The average Bonchev–Trinajstić information content (AvgIpc) is 3.78. The Balaban J connectivity index is 1.80. The van der Waals surface area contributed by atoms with Crippen LogP contribution in [0.25, 0.3) is 11.0 Å². The second kappa shape index (κ2) is 26.7. The van der Waals surface area contributed by atoms with Crippen LogP contribution >= 0.6 is 0 Å². The largest absolute Gasteiger partial charge is 0.470 e. The van der Waals surface area contributed by atoms with E-state index in [1.807, 2.05) is 25.2 Å². The molecule has 2 aliphatic carbocycles. The van der Waals surface area contributed by atoms with E-state index in [0.717, 1.165) is 95.3 Å². The Bertz CT molecular complexity index is 2690. The van der Waals surface area contributed by atoms with Crippen LogP contribution in [0.1, 0.15) is 166 Å². The van der Waals surface area contributed by atoms with E-state index in [1.54, 1.807) is 0 Å². The fraction of sp³-hybridized carbons (Fsp3) is 0.429. The summed E-state index contributed by atoms with van der Waals surface area (Å²) in [7, 11) is 0. The van der Waals surface area contributed by atoms with Crippen LogP contribution in [0.4, 0.5) is 0 Å². The van der Waals surface area contributed by atoms with E-state index in [2.05, 4.69) is 252 Å². The van der Waals surface area contributed by atoms with Crippen LogP contribution in [0.3, 0.4) is 0 Å². The number of furan rings is 1. The van der Waals surface area contributed by atoms with Gasteiger partial charge in [0.25, 0.3) is 6.71 Å². The highest BCUT2D eigenvalue weighted by molar-refractivity contribution is 6.90. The molecule has 75 heavy (non-hydrogen) atoms. The summed E-state index contributed by atoms with van der Waals surface area (Å²) >= 11 is 0. The van der Waals surface area contributed by atoms with Crippen LogP contribution in [0, 0.1) is 16.2 Å². The molecule has 2 aromatic carbocycles. The second-order valence-corrected chi connectivity index (χ2v) is 24.9. The molecule has 0 fully saturated rings. The maximum Gasteiger partial charge on any atom is 0.287 e. The first-order valence-corrected chi connectivity index (χ1v) is 28.1. The van der Waals surface area contributed by atoms with Crippen LogP contribution < -0.4 is 21.8 Å². The lowest BCUT2D eigenvalue weighted by Crippen LogP contribution is -2.50. The number of nitrogens with zero attached hydrogens (tertiary/aromatic N) is 1. The van der Waals surface area contributed by atoms with Gasteiger partial charge in [-0.15, -0.1) is 0 Å². The van der Waals surface area contributed by atoms with Gasteiger partial charge in [0.1, 0.15) is 5.58 Å². The Hall–Kier alpha value is -5.94. The molecule has 0 spiro atoms. The summed E-state index contributed by atoms with van der Waals surface area (Å²) in [4.78, 5) is 2.25. The van der Waals surface area contributed by atoms with Crippen molar-refractivity contribution in [3.8, 4) is 0 Å². The molecule has 0 bridgehead atoms. The molecule has 400 valence electrons. The third-order valence-corrected chi connectivity index (χ3v) is 15.6. The molecule has 0 amide bonds. The normalized spacial score (nSPS) is 19.9. The van der Waals surface area contributed by atoms with Crippen molar-refractivity contribution in [1.29, 1.82) is 0 Å². The molecule has 0 aliphatic heterocycles. The van der Waals surface area contributed by atoms with Gasteiger partial charge in [0.2, 0.25) is 0 Å². The lowest BCUT2D eigenvalue weighted by atomic mass is 9.37. The predicted molar refractivity (Wildman–Crippen MR) is 332 cm³/mol. The summed E-state index contributed by atoms with van der Waals surface area (Å²) in [5.74, 6) is 0. The summed E-state index contributed by atoms with van der Waals surface area (Å²) in [6.07, 6.45) is 46.0. The molecule has 2 aliphatic rings. The van der Waals surface area contributed by atoms with E-state index in [9.17, 15) is 0 Å². The zero-order chi connectivity index (χ0) is 55.0. The minimum absolute atomic E-state index is 0.0337. The number of unbranched alkanes of at least 4 members (excludes halogenated alkanes) is 1. The standard InChI is InChI=1S/C70H96BN3O/c1-18-23-24-25-26-27-31-39-59(22-5)74(58(21-4)34-19-2)53(6)48-63(73-57-38-32-41-67(10,11)43-44-68(12,13)42-40-57)62(52-72-47-33-35-55(20-3)66(7,8)9)71(56-36-29-28-30-37-56)65-50-54-49-60-61(51-64(54)75-65)70(16,17)46-45-69(60,14)15/h18-25,28-40,49-52,63,72-73H,2,4,6,26-27,41-48H2,1,3,5,7-17H3/b23-18-,25-24-,35-33-,38-32-,39-31-,55-20+,57-40+,58-34+,59-22+,62-52-. The fourth-order valence-corrected chi connectivity index (χ4v) is 10.6. The number of rotatable bonds is 22. The number of hydrogen-bond donors (Lipinski definition) is 2. The minimum atomic E-state index is -0.273. The van der Waals surface area contributed by atoms with Gasteiger partial charge in [0, 0.05) is 47.2 Å². The van der Waals surface area contributed by atoms with Crippen molar-refractivity contribution < 1.29 is 4.42 Å². The molecule has 2 N–H and O–H groups in total. The van der Waals surface area contributed by atoms with E-state index in [-0.39, 0.29) is 39.8 Å². The Kier molecular flexibility index (Phi) is 21.3. The lowest BCUT2D eigenvalue weighted by molar-refractivity contribution is 0.241. The van der Waals surface area contributed by atoms with Crippen molar-refractivity contribution in [3.05, 3.63) is 217 Å². The van der Waals surface area contributed by atoms with Crippen molar-refractivity contribution in [3.63, 3.8) is 0 Å². The van der Waals surface area contributed by atoms with Gasteiger partial charge in [0.15, 0.2) is 0 Å². The summed E-state index contributed by atoms with van der Waals surface area (Å²) < 4.78 is 7.30. The summed E-state index contributed by atoms with van der Waals surface area (Å²) in [5, 5.41) is 9.24. The molecule has 1 heterocycles. The number of allylic oxidation sites excluding steroid dienone is 16. The number of fused-ring (bicyclic) bond motifs is 2. The lowest BCUT2D eigenvalue weighted by Gasteiger charge is -2.41. The molecule has 1 aromatic heterocycles. The molecule has 5 rings (SSSR count). The van der Waals surface area contributed by atoms with Crippen LogP contribution in [0.5, 0.6) is 0 Å². The van der Waals surface area contributed by atoms with Gasteiger partial charge >= 0.3 is 0 Å². The Morgan fingerprint density at radius 3 is 2.08 bits per heavy atom. The van der Waals surface area contributed by atoms with Crippen LogP contribution in [0.15, 0.2) is 210 Å². The number of hydrogen-bond acceptors (Lipinski definition) is 4. The Labute approximate surface area is 457 Å². The summed E-state index contributed by atoms with van der Waals surface area (Å²) in [6, 6.07) is 17.8. The van der Waals surface area contributed by atoms with Crippen molar-refractivity contribution in [2.24, 2.45) is 16.2 Å². The molecule has 3 aromatic rings. The quantitative estimate of drug-likeness (QED) is 0.0598. The highest BCUT2D eigenvalue weighted by atomic mass is 16.3. The highest BCUT2D eigenvalue weighted by Gasteiger charge is 2.39. The van der Waals surface area contributed by atoms with Crippen LogP contribution in [-0.2, 0) is 10.8 Å². The van der Waals surface area contributed by atoms with Gasteiger partial charge in [-0.25, -0.2) is 0 Å². The molecular weight excluding hydrogens is 910 g/mol. The molecule has 0 saturated carbocycles. The Morgan fingerprint density at radius 1 is 0.787 bits per heavy atom.